The number of fused-ring (bicyclic) bond motifs is 1. The summed E-state index contributed by atoms with van der Waals surface area (Å²) in [5, 5.41) is 11.1. The van der Waals surface area contributed by atoms with Gasteiger partial charge in [-0.1, -0.05) is 18.2 Å². The molecule has 0 aliphatic heterocycles. The van der Waals surface area contributed by atoms with Crippen LogP contribution >= 0.6 is 0 Å². The minimum absolute atomic E-state index is 0. The molecule has 0 aliphatic rings. The molecule has 0 fully saturated rings. The van der Waals surface area contributed by atoms with Gasteiger partial charge in [0, 0.05) is 37.6 Å². The zero-order valence-corrected chi connectivity index (χ0v) is 12.5. The van der Waals surface area contributed by atoms with Gasteiger partial charge < -0.3 is 16.2 Å². The maximum atomic E-state index is 12.2. The number of aromatic hydroxyl groups is 1. The van der Waals surface area contributed by atoms with E-state index >= 15 is 0 Å². The number of aromatic amines is 1. The minimum atomic E-state index is -0.542. The van der Waals surface area contributed by atoms with Gasteiger partial charge in [0.2, 0.25) is 5.88 Å². The van der Waals surface area contributed by atoms with E-state index in [9.17, 15) is 14.7 Å². The molecular weight excluding hydrogens is 284 g/mol. The number of hydrogen-bond donors (Lipinski definition) is 3. The Morgan fingerprint density at radius 2 is 1.82 bits per heavy atom. The van der Waals surface area contributed by atoms with E-state index in [0.717, 1.165) is 25.6 Å². The molecule has 0 bridgehead atoms. The minimum Gasteiger partial charge on any atom is -0.494 e. The molecule has 116 valence electrons. The van der Waals surface area contributed by atoms with Gasteiger partial charge in [-0.05, 0) is 11.6 Å². The first-order valence-corrected chi connectivity index (χ1v) is 6.53. The Balaban J connectivity index is 0.00000176. The summed E-state index contributed by atoms with van der Waals surface area (Å²) < 4.78 is 2.08. The van der Waals surface area contributed by atoms with E-state index in [-0.39, 0.29) is 24.0 Å². The van der Waals surface area contributed by atoms with Crippen LogP contribution in [0.1, 0.15) is 11.1 Å². The molecule has 0 saturated heterocycles. The summed E-state index contributed by atoms with van der Waals surface area (Å²) in [6, 6.07) is 7.73. The number of H-pyrrole nitrogens is 1. The van der Waals surface area contributed by atoms with Crippen molar-refractivity contribution in [1.82, 2.24) is 20.3 Å². The van der Waals surface area contributed by atoms with Crippen LogP contribution in [0, 0.1) is 0 Å². The molecule has 0 radical (unpaired) electrons. The molecule has 7 nitrogen and oxygen atoms in total. The lowest BCUT2D eigenvalue weighted by Crippen LogP contribution is -2.38. The third kappa shape index (κ3) is 2.21. The van der Waals surface area contributed by atoms with Crippen molar-refractivity contribution in [2.75, 3.05) is 0 Å². The van der Waals surface area contributed by atoms with Crippen LogP contribution in [0.3, 0.4) is 0 Å². The number of aromatic nitrogens is 3. The fourth-order valence-corrected chi connectivity index (χ4v) is 2.53. The number of para-hydroxylation sites is 1. The lowest BCUT2D eigenvalue weighted by molar-refractivity contribution is 0.404. The first kappa shape index (κ1) is 15.6. The highest BCUT2D eigenvalue weighted by Gasteiger charge is 2.16. The summed E-state index contributed by atoms with van der Waals surface area (Å²) >= 11 is 0. The van der Waals surface area contributed by atoms with Crippen LogP contribution in [0.15, 0.2) is 40.1 Å². The molecule has 0 amide bonds. The summed E-state index contributed by atoms with van der Waals surface area (Å²) in [5.41, 5.74) is 1.07. The highest BCUT2D eigenvalue weighted by atomic mass is 16.3. The van der Waals surface area contributed by atoms with E-state index in [1.165, 1.54) is 14.1 Å². The molecule has 22 heavy (non-hydrogen) atoms. The molecule has 3 rings (SSSR count). The average molecular weight is 302 g/mol. The molecule has 3 aromatic rings. The zero-order valence-electron chi connectivity index (χ0n) is 12.5. The van der Waals surface area contributed by atoms with Crippen LogP contribution in [-0.4, -0.2) is 19.2 Å². The van der Waals surface area contributed by atoms with Crippen molar-refractivity contribution in [1.29, 1.82) is 0 Å². The number of nitrogens with zero attached hydrogens (tertiary/aromatic N) is 2. The molecule has 2 heterocycles. The summed E-state index contributed by atoms with van der Waals surface area (Å²) in [4.78, 5) is 27.1. The molecule has 5 N–H and O–H groups in total. The van der Waals surface area contributed by atoms with Crippen molar-refractivity contribution in [2.45, 2.75) is 6.42 Å². The molecule has 2 aromatic heterocycles. The highest BCUT2D eigenvalue weighted by Crippen LogP contribution is 2.22. The molecular formula is C15H18N4O3. The summed E-state index contributed by atoms with van der Waals surface area (Å²) in [6.45, 7) is 0. The number of rotatable bonds is 2. The molecule has 0 spiro atoms. The standard InChI is InChI=1S/C15H15N3O3.H3N/c1-17-13(19)11(14(20)18(2)15(17)21)7-9-8-16-12-6-4-3-5-10(9)12;/h3-6,8,16,19H,7H2,1-2H3;1H3. The van der Waals surface area contributed by atoms with E-state index in [2.05, 4.69) is 4.98 Å². The lowest BCUT2D eigenvalue weighted by Gasteiger charge is -2.09. The van der Waals surface area contributed by atoms with Crippen LogP contribution in [0.4, 0.5) is 0 Å². The second-order valence-corrected chi connectivity index (χ2v) is 5.04. The van der Waals surface area contributed by atoms with Gasteiger partial charge in [0.25, 0.3) is 5.56 Å². The van der Waals surface area contributed by atoms with E-state index in [1.54, 1.807) is 0 Å². The normalized spacial score (nSPS) is 10.6. The first-order chi connectivity index (χ1) is 10.0. The van der Waals surface area contributed by atoms with Crippen molar-refractivity contribution in [3.8, 4) is 5.88 Å². The lowest BCUT2D eigenvalue weighted by atomic mass is 10.1. The predicted molar refractivity (Wildman–Crippen MR) is 84.7 cm³/mol. The van der Waals surface area contributed by atoms with E-state index in [1.807, 2.05) is 30.5 Å². The van der Waals surface area contributed by atoms with Gasteiger partial charge in [-0.25, -0.2) is 4.79 Å². The monoisotopic (exact) mass is 302 g/mol. The zero-order chi connectivity index (χ0) is 15.1. The van der Waals surface area contributed by atoms with E-state index < -0.39 is 11.2 Å². The van der Waals surface area contributed by atoms with Crippen LogP contribution in [0.25, 0.3) is 10.9 Å². The topological polar surface area (TPSA) is 115 Å². The average Bonchev–Trinajstić information content (AvgIpc) is 2.91. The summed E-state index contributed by atoms with van der Waals surface area (Å²) in [6.07, 6.45) is 2.07. The van der Waals surface area contributed by atoms with Crippen molar-refractivity contribution in [2.24, 2.45) is 14.1 Å². The Morgan fingerprint density at radius 3 is 2.55 bits per heavy atom. The van der Waals surface area contributed by atoms with Gasteiger partial charge >= 0.3 is 5.69 Å². The van der Waals surface area contributed by atoms with Crippen LogP contribution in [0.5, 0.6) is 5.88 Å². The number of nitrogens with one attached hydrogen (secondary N) is 1. The van der Waals surface area contributed by atoms with Crippen molar-refractivity contribution in [3.63, 3.8) is 0 Å². The summed E-state index contributed by atoms with van der Waals surface area (Å²) in [7, 11) is 2.85. The van der Waals surface area contributed by atoms with Crippen molar-refractivity contribution in [3.05, 3.63) is 62.4 Å². The first-order valence-electron chi connectivity index (χ1n) is 6.53. The quantitative estimate of drug-likeness (QED) is 0.655. The summed E-state index contributed by atoms with van der Waals surface area (Å²) in [5.74, 6) is -0.284. The van der Waals surface area contributed by atoms with Crippen LogP contribution < -0.4 is 17.4 Å². The second-order valence-electron chi connectivity index (χ2n) is 5.04. The third-order valence-corrected chi connectivity index (χ3v) is 3.77. The van der Waals surface area contributed by atoms with Crippen molar-refractivity contribution < 1.29 is 5.11 Å². The fourth-order valence-electron chi connectivity index (χ4n) is 2.53. The molecule has 0 atom stereocenters. The highest BCUT2D eigenvalue weighted by molar-refractivity contribution is 5.83. The smallest absolute Gasteiger partial charge is 0.333 e. The Bertz CT molecular complexity index is 950. The second kappa shape index (κ2) is 5.53. The third-order valence-electron chi connectivity index (χ3n) is 3.77. The Kier molecular flexibility index (Phi) is 3.92. The van der Waals surface area contributed by atoms with Gasteiger partial charge in [0.1, 0.15) is 0 Å². The maximum absolute atomic E-state index is 12.2. The van der Waals surface area contributed by atoms with Gasteiger partial charge in [-0.2, -0.15) is 0 Å². The number of benzene rings is 1. The largest absolute Gasteiger partial charge is 0.494 e. The van der Waals surface area contributed by atoms with Gasteiger partial charge in [0.05, 0.1) is 5.56 Å². The molecule has 0 aliphatic carbocycles. The molecule has 1 aromatic carbocycles. The van der Waals surface area contributed by atoms with Crippen molar-refractivity contribution >= 4 is 10.9 Å². The van der Waals surface area contributed by atoms with E-state index in [4.69, 9.17) is 0 Å². The van der Waals surface area contributed by atoms with Gasteiger partial charge in [0.15, 0.2) is 0 Å². The van der Waals surface area contributed by atoms with Gasteiger partial charge in [-0.3, -0.25) is 13.9 Å². The SMILES string of the molecule is Cn1c(O)c(Cc2c[nH]c3ccccc23)c(=O)n(C)c1=O.N. The Hall–Kier alpha value is -2.80. The maximum Gasteiger partial charge on any atom is 0.333 e. The number of hydrogen-bond acceptors (Lipinski definition) is 4. The van der Waals surface area contributed by atoms with Crippen LogP contribution in [0.2, 0.25) is 0 Å². The fraction of sp³-hybridized carbons (Fsp3) is 0.200. The van der Waals surface area contributed by atoms with Crippen LogP contribution in [-0.2, 0) is 20.5 Å². The molecule has 0 saturated carbocycles. The molecule has 0 unspecified atom stereocenters. The Morgan fingerprint density at radius 1 is 1.14 bits per heavy atom. The van der Waals surface area contributed by atoms with E-state index in [0.29, 0.717) is 0 Å². The van der Waals surface area contributed by atoms with Gasteiger partial charge in [-0.15, -0.1) is 0 Å². The Labute approximate surface area is 126 Å². The predicted octanol–water partition coefficient (Wildman–Crippen LogP) is 1.02. The molecule has 7 heteroatoms.